The Labute approximate surface area is 187 Å². The quantitative estimate of drug-likeness (QED) is 0.436. The standard InChI is InChI=1S/C27H27N3O2/c1-17-28-25-23(29(17)2)16-22(27(31)30-13-5-6-14-30)21-11-12-24(32-26(21)25)20-10-9-18-7-3-4-8-19(18)15-20/h3-4,7-10,15-16,24H,5-6,11-14H2,1-2H3/t24-/m0/s1. The molecule has 2 aliphatic rings. The minimum Gasteiger partial charge on any atom is -0.483 e. The van der Waals surface area contributed by atoms with Gasteiger partial charge in [0.15, 0.2) is 5.75 Å². The normalized spacial score (nSPS) is 18.2. The first-order valence-electron chi connectivity index (χ1n) is 11.5. The molecule has 3 heterocycles. The van der Waals surface area contributed by atoms with Crippen molar-refractivity contribution in [1.29, 1.82) is 0 Å². The number of likely N-dealkylation sites (tertiary alicyclic amines) is 1. The van der Waals surface area contributed by atoms with Gasteiger partial charge >= 0.3 is 0 Å². The van der Waals surface area contributed by atoms with E-state index < -0.39 is 0 Å². The molecule has 4 aromatic rings. The average Bonchev–Trinajstić information content (AvgIpc) is 3.46. The van der Waals surface area contributed by atoms with E-state index in [-0.39, 0.29) is 12.0 Å². The van der Waals surface area contributed by atoms with Gasteiger partial charge in [-0.15, -0.1) is 0 Å². The van der Waals surface area contributed by atoms with E-state index in [0.717, 1.165) is 72.5 Å². The molecule has 1 fully saturated rings. The van der Waals surface area contributed by atoms with E-state index >= 15 is 0 Å². The fourth-order valence-corrected chi connectivity index (χ4v) is 5.22. The van der Waals surface area contributed by atoms with Crippen LogP contribution in [0.15, 0.2) is 48.5 Å². The molecule has 1 aromatic heterocycles. The van der Waals surface area contributed by atoms with Gasteiger partial charge in [-0.1, -0.05) is 36.4 Å². The van der Waals surface area contributed by atoms with Crippen LogP contribution in [0.2, 0.25) is 0 Å². The lowest BCUT2D eigenvalue weighted by Gasteiger charge is -2.29. The number of amides is 1. The molecule has 1 saturated heterocycles. The highest BCUT2D eigenvalue weighted by atomic mass is 16.5. The van der Waals surface area contributed by atoms with Crippen molar-refractivity contribution in [2.24, 2.45) is 7.05 Å². The van der Waals surface area contributed by atoms with E-state index in [4.69, 9.17) is 9.72 Å². The maximum atomic E-state index is 13.4. The van der Waals surface area contributed by atoms with Crippen LogP contribution in [-0.4, -0.2) is 33.4 Å². The molecule has 0 N–H and O–H groups in total. The number of carbonyl (C=O) groups is 1. The molecule has 0 radical (unpaired) electrons. The number of carbonyl (C=O) groups excluding carboxylic acids is 1. The Morgan fingerprint density at radius 2 is 1.84 bits per heavy atom. The molecule has 5 nitrogen and oxygen atoms in total. The van der Waals surface area contributed by atoms with Crippen LogP contribution in [0.1, 0.15) is 52.7 Å². The topological polar surface area (TPSA) is 47.4 Å². The van der Waals surface area contributed by atoms with Crippen LogP contribution in [0.25, 0.3) is 21.8 Å². The molecule has 0 spiro atoms. The lowest BCUT2D eigenvalue weighted by atomic mass is 9.92. The van der Waals surface area contributed by atoms with Crippen LogP contribution < -0.4 is 4.74 Å². The van der Waals surface area contributed by atoms with Gasteiger partial charge in [0.2, 0.25) is 0 Å². The lowest BCUT2D eigenvalue weighted by molar-refractivity contribution is 0.0789. The zero-order chi connectivity index (χ0) is 21.8. The summed E-state index contributed by atoms with van der Waals surface area (Å²) in [7, 11) is 2.00. The molecule has 1 atom stereocenters. The van der Waals surface area contributed by atoms with Crippen LogP contribution in [0, 0.1) is 6.92 Å². The van der Waals surface area contributed by atoms with E-state index in [1.807, 2.05) is 24.9 Å². The van der Waals surface area contributed by atoms with Gasteiger partial charge in [-0.05, 0) is 61.1 Å². The first-order chi connectivity index (χ1) is 15.6. The van der Waals surface area contributed by atoms with Crippen molar-refractivity contribution in [3.05, 3.63) is 71.0 Å². The van der Waals surface area contributed by atoms with Gasteiger partial charge in [0, 0.05) is 31.3 Å². The zero-order valence-electron chi connectivity index (χ0n) is 18.6. The molecule has 0 aliphatic carbocycles. The van der Waals surface area contributed by atoms with Gasteiger partial charge in [-0.2, -0.15) is 0 Å². The Kier molecular flexibility index (Phi) is 4.46. The van der Waals surface area contributed by atoms with E-state index in [1.165, 1.54) is 16.3 Å². The first-order valence-corrected chi connectivity index (χ1v) is 11.5. The molecule has 162 valence electrons. The summed E-state index contributed by atoms with van der Waals surface area (Å²) in [5.74, 6) is 1.84. The van der Waals surface area contributed by atoms with Gasteiger partial charge < -0.3 is 14.2 Å². The van der Waals surface area contributed by atoms with Gasteiger partial charge in [0.25, 0.3) is 5.91 Å². The van der Waals surface area contributed by atoms with Crippen LogP contribution in [0.4, 0.5) is 0 Å². The second-order valence-corrected chi connectivity index (χ2v) is 9.07. The molecule has 0 bridgehead atoms. The second-order valence-electron chi connectivity index (χ2n) is 9.07. The Morgan fingerprint density at radius 1 is 1.06 bits per heavy atom. The maximum absolute atomic E-state index is 13.4. The zero-order valence-corrected chi connectivity index (χ0v) is 18.6. The molecule has 0 saturated carbocycles. The van der Waals surface area contributed by atoms with Crippen molar-refractivity contribution in [3.8, 4) is 5.75 Å². The summed E-state index contributed by atoms with van der Waals surface area (Å²) >= 11 is 0. The number of aromatic nitrogens is 2. The van der Waals surface area contributed by atoms with E-state index in [2.05, 4.69) is 47.0 Å². The first kappa shape index (κ1) is 19.4. The third-order valence-corrected chi connectivity index (χ3v) is 7.14. The largest absolute Gasteiger partial charge is 0.483 e. The van der Waals surface area contributed by atoms with Gasteiger partial charge in [-0.25, -0.2) is 4.98 Å². The number of nitrogens with zero attached hydrogens (tertiary/aromatic N) is 3. The third-order valence-electron chi connectivity index (χ3n) is 7.14. The van der Waals surface area contributed by atoms with Crippen LogP contribution >= 0.6 is 0 Å². The van der Waals surface area contributed by atoms with Crippen molar-refractivity contribution in [1.82, 2.24) is 14.5 Å². The smallest absolute Gasteiger partial charge is 0.254 e. The summed E-state index contributed by atoms with van der Waals surface area (Å²) < 4.78 is 8.71. The molecule has 3 aromatic carbocycles. The fraction of sp³-hybridized carbons (Fsp3) is 0.333. The van der Waals surface area contributed by atoms with E-state index in [1.54, 1.807) is 0 Å². The Hall–Kier alpha value is -3.34. The Morgan fingerprint density at radius 3 is 2.66 bits per heavy atom. The number of aryl methyl sites for hydroxylation is 2. The number of imidazole rings is 1. The van der Waals surface area contributed by atoms with Gasteiger partial charge in [-0.3, -0.25) is 4.79 Å². The Bertz CT molecular complexity index is 1360. The maximum Gasteiger partial charge on any atom is 0.254 e. The molecule has 1 amide bonds. The fourth-order valence-electron chi connectivity index (χ4n) is 5.22. The minimum absolute atomic E-state index is 0.0465. The lowest BCUT2D eigenvalue weighted by Crippen LogP contribution is -2.29. The van der Waals surface area contributed by atoms with Crippen LogP contribution in [-0.2, 0) is 13.5 Å². The molecular weight excluding hydrogens is 398 g/mol. The number of hydrogen-bond acceptors (Lipinski definition) is 3. The van der Waals surface area contributed by atoms with Crippen molar-refractivity contribution >= 4 is 27.7 Å². The highest BCUT2D eigenvalue weighted by molar-refractivity contribution is 6.01. The second kappa shape index (κ2) is 7.37. The number of hydrogen-bond donors (Lipinski definition) is 0. The minimum atomic E-state index is -0.0465. The van der Waals surface area contributed by atoms with E-state index in [9.17, 15) is 4.79 Å². The summed E-state index contributed by atoms with van der Waals surface area (Å²) in [6.45, 7) is 3.69. The van der Waals surface area contributed by atoms with Gasteiger partial charge in [0.1, 0.15) is 17.4 Å². The van der Waals surface area contributed by atoms with Crippen molar-refractivity contribution < 1.29 is 9.53 Å². The van der Waals surface area contributed by atoms with Gasteiger partial charge in [0.05, 0.1) is 5.52 Å². The summed E-state index contributed by atoms with van der Waals surface area (Å²) in [6.07, 6.45) is 3.79. The van der Waals surface area contributed by atoms with Crippen LogP contribution in [0.5, 0.6) is 5.75 Å². The Balaban J connectivity index is 1.46. The highest BCUT2D eigenvalue weighted by Crippen LogP contribution is 2.42. The summed E-state index contributed by atoms with van der Waals surface area (Å²) in [4.78, 5) is 20.2. The van der Waals surface area contributed by atoms with Crippen molar-refractivity contribution in [2.45, 2.75) is 38.7 Å². The van der Waals surface area contributed by atoms with Crippen molar-refractivity contribution in [3.63, 3.8) is 0 Å². The average molecular weight is 426 g/mol. The molecule has 6 rings (SSSR count). The molecule has 2 aliphatic heterocycles. The SMILES string of the molecule is Cc1nc2c3c(c(C(=O)N4CCCC4)cc2n1C)CC[C@@H](c1ccc2ccccc2c1)O3. The number of benzene rings is 3. The molecule has 32 heavy (non-hydrogen) atoms. The summed E-state index contributed by atoms with van der Waals surface area (Å²) in [6, 6.07) is 17.0. The molecular formula is C27H27N3O2. The highest BCUT2D eigenvalue weighted by Gasteiger charge is 2.31. The van der Waals surface area contributed by atoms with Crippen molar-refractivity contribution in [2.75, 3.05) is 13.1 Å². The summed E-state index contributed by atoms with van der Waals surface area (Å²) in [5, 5.41) is 2.45. The molecule has 5 heteroatoms. The van der Waals surface area contributed by atoms with Crippen LogP contribution in [0.3, 0.4) is 0 Å². The van der Waals surface area contributed by atoms with E-state index in [0.29, 0.717) is 0 Å². The molecule has 0 unspecified atom stereocenters. The predicted octanol–water partition coefficient (Wildman–Crippen LogP) is 5.34. The monoisotopic (exact) mass is 425 g/mol. The number of fused-ring (bicyclic) bond motifs is 4. The third kappa shape index (κ3) is 2.99. The number of ether oxygens (including phenoxy) is 1. The predicted molar refractivity (Wildman–Crippen MR) is 126 cm³/mol. The number of rotatable bonds is 2. The summed E-state index contributed by atoms with van der Waals surface area (Å²) in [5.41, 5.74) is 4.80.